The Labute approximate surface area is 88.3 Å². The third-order valence-corrected chi connectivity index (χ3v) is 3.13. The van der Waals surface area contributed by atoms with Crippen LogP contribution in [0.2, 0.25) is 5.02 Å². The van der Waals surface area contributed by atoms with Gasteiger partial charge in [-0.3, -0.25) is 0 Å². The fourth-order valence-corrected chi connectivity index (χ4v) is 2.22. The van der Waals surface area contributed by atoms with E-state index in [0.717, 1.165) is 24.9 Å². The van der Waals surface area contributed by atoms with Crippen LogP contribution in [-0.2, 0) is 0 Å². The van der Waals surface area contributed by atoms with Gasteiger partial charge in [-0.2, -0.15) is 0 Å². The molecule has 0 amide bonds. The minimum atomic E-state index is -0.280. The highest BCUT2D eigenvalue weighted by Crippen LogP contribution is 2.31. The lowest BCUT2D eigenvalue weighted by Gasteiger charge is -2.13. The van der Waals surface area contributed by atoms with Crippen molar-refractivity contribution >= 4 is 11.6 Å². The topological polar surface area (TPSA) is 12.0 Å². The number of benzene rings is 1. The first-order valence-corrected chi connectivity index (χ1v) is 5.26. The van der Waals surface area contributed by atoms with Crippen molar-refractivity contribution in [2.45, 2.75) is 25.8 Å². The number of hydrogen-bond donors (Lipinski definition) is 1. The lowest BCUT2D eigenvalue weighted by Crippen LogP contribution is -2.13. The van der Waals surface area contributed by atoms with Gasteiger partial charge in [-0.1, -0.05) is 23.7 Å². The van der Waals surface area contributed by atoms with Crippen molar-refractivity contribution in [1.82, 2.24) is 5.32 Å². The van der Waals surface area contributed by atoms with E-state index in [1.807, 2.05) is 6.07 Å². The molecule has 1 aliphatic rings. The molecule has 1 aromatic rings. The molecule has 1 N–H and O–H groups in total. The minimum absolute atomic E-state index is 0.234. The first kappa shape index (κ1) is 9.94. The van der Waals surface area contributed by atoms with Gasteiger partial charge in [0.2, 0.25) is 0 Å². The van der Waals surface area contributed by atoms with Gasteiger partial charge in [0.15, 0.2) is 0 Å². The van der Waals surface area contributed by atoms with Crippen molar-refractivity contribution in [2.75, 3.05) is 6.54 Å². The second-order valence-corrected chi connectivity index (χ2v) is 4.13. The van der Waals surface area contributed by atoms with Crippen molar-refractivity contribution < 1.29 is 4.39 Å². The molecule has 1 unspecified atom stereocenters. The molecule has 1 saturated heterocycles. The Morgan fingerprint density at radius 1 is 1.50 bits per heavy atom. The standard InChI is InChI=1S/C11H13ClFN/c1-7-4-5-8(10(12)11(7)13)9-3-2-6-14-9/h4-5,9,14H,2-3,6H2,1H3. The molecule has 0 aromatic heterocycles. The fourth-order valence-electron chi connectivity index (χ4n) is 1.88. The van der Waals surface area contributed by atoms with Gasteiger partial charge in [0.05, 0.1) is 5.02 Å². The predicted octanol–water partition coefficient (Wildman–Crippen LogP) is 3.21. The summed E-state index contributed by atoms with van der Waals surface area (Å²) in [4.78, 5) is 0. The summed E-state index contributed by atoms with van der Waals surface area (Å²) in [7, 11) is 0. The van der Waals surface area contributed by atoms with Gasteiger partial charge in [0.25, 0.3) is 0 Å². The molecule has 1 heterocycles. The molecule has 1 atom stereocenters. The second-order valence-electron chi connectivity index (χ2n) is 3.75. The molecule has 0 radical (unpaired) electrons. The molecule has 0 aliphatic carbocycles. The first-order chi connectivity index (χ1) is 6.70. The normalized spacial score (nSPS) is 21.5. The summed E-state index contributed by atoms with van der Waals surface area (Å²) in [6.45, 7) is 2.73. The van der Waals surface area contributed by atoms with E-state index >= 15 is 0 Å². The lowest BCUT2D eigenvalue weighted by atomic mass is 10.0. The van der Waals surface area contributed by atoms with E-state index in [0.29, 0.717) is 5.56 Å². The highest BCUT2D eigenvalue weighted by atomic mass is 35.5. The average molecular weight is 214 g/mol. The summed E-state index contributed by atoms with van der Waals surface area (Å²) in [5.74, 6) is -0.280. The monoisotopic (exact) mass is 213 g/mol. The van der Waals surface area contributed by atoms with E-state index in [-0.39, 0.29) is 16.9 Å². The van der Waals surface area contributed by atoms with E-state index in [1.54, 1.807) is 13.0 Å². The van der Waals surface area contributed by atoms with Crippen molar-refractivity contribution in [3.63, 3.8) is 0 Å². The summed E-state index contributed by atoms with van der Waals surface area (Å²) < 4.78 is 13.5. The number of nitrogens with one attached hydrogen (secondary N) is 1. The maximum absolute atomic E-state index is 13.5. The Bertz CT molecular complexity index is 345. The van der Waals surface area contributed by atoms with Gasteiger partial charge in [-0.25, -0.2) is 4.39 Å². The zero-order chi connectivity index (χ0) is 10.1. The second kappa shape index (κ2) is 3.87. The average Bonchev–Trinajstić information content (AvgIpc) is 2.67. The molecular weight excluding hydrogens is 201 g/mol. The maximum atomic E-state index is 13.5. The van der Waals surface area contributed by atoms with Crippen LogP contribution in [0.25, 0.3) is 0 Å². The minimum Gasteiger partial charge on any atom is -0.310 e. The molecule has 0 spiro atoms. The summed E-state index contributed by atoms with van der Waals surface area (Å²) >= 11 is 5.96. The fraction of sp³-hybridized carbons (Fsp3) is 0.455. The highest BCUT2D eigenvalue weighted by molar-refractivity contribution is 6.31. The Morgan fingerprint density at radius 2 is 2.29 bits per heavy atom. The summed E-state index contributed by atoms with van der Waals surface area (Å²) in [6.07, 6.45) is 2.18. The van der Waals surface area contributed by atoms with Crippen LogP contribution >= 0.6 is 11.6 Å². The SMILES string of the molecule is Cc1ccc(C2CCCN2)c(Cl)c1F. The van der Waals surface area contributed by atoms with E-state index in [4.69, 9.17) is 11.6 Å². The number of aryl methyl sites for hydroxylation is 1. The van der Waals surface area contributed by atoms with Crippen LogP contribution in [0.4, 0.5) is 4.39 Å². The Morgan fingerprint density at radius 3 is 2.93 bits per heavy atom. The molecule has 1 nitrogen and oxygen atoms in total. The van der Waals surface area contributed by atoms with Gasteiger partial charge in [0, 0.05) is 6.04 Å². The quantitative estimate of drug-likeness (QED) is 0.756. The van der Waals surface area contributed by atoms with Crippen molar-refractivity contribution in [1.29, 1.82) is 0 Å². The maximum Gasteiger partial charge on any atom is 0.145 e. The van der Waals surface area contributed by atoms with Crippen molar-refractivity contribution in [3.05, 3.63) is 34.1 Å². The van der Waals surface area contributed by atoms with E-state index in [2.05, 4.69) is 5.32 Å². The summed E-state index contributed by atoms with van der Waals surface area (Å²) in [5, 5.41) is 3.59. The molecule has 1 aliphatic heterocycles. The van der Waals surface area contributed by atoms with Crippen molar-refractivity contribution in [3.8, 4) is 0 Å². The predicted molar refractivity (Wildman–Crippen MR) is 56.1 cm³/mol. The van der Waals surface area contributed by atoms with Crippen LogP contribution in [0, 0.1) is 12.7 Å². The number of halogens is 2. The van der Waals surface area contributed by atoms with Crippen molar-refractivity contribution in [2.24, 2.45) is 0 Å². The molecule has 2 rings (SSSR count). The van der Waals surface area contributed by atoms with Crippen LogP contribution in [0.1, 0.15) is 30.0 Å². The summed E-state index contributed by atoms with van der Waals surface area (Å²) in [6, 6.07) is 3.94. The van der Waals surface area contributed by atoms with Gasteiger partial charge in [-0.05, 0) is 37.4 Å². The first-order valence-electron chi connectivity index (χ1n) is 4.88. The zero-order valence-corrected chi connectivity index (χ0v) is 8.87. The van der Waals surface area contributed by atoms with Crippen LogP contribution in [-0.4, -0.2) is 6.54 Å². The van der Waals surface area contributed by atoms with Gasteiger partial charge >= 0.3 is 0 Å². The van der Waals surface area contributed by atoms with Crippen LogP contribution < -0.4 is 5.32 Å². The largest absolute Gasteiger partial charge is 0.310 e. The summed E-state index contributed by atoms with van der Waals surface area (Å²) in [5.41, 5.74) is 1.50. The number of rotatable bonds is 1. The third kappa shape index (κ3) is 1.64. The molecule has 14 heavy (non-hydrogen) atoms. The lowest BCUT2D eigenvalue weighted by molar-refractivity contribution is 0.600. The van der Waals surface area contributed by atoms with Gasteiger partial charge in [0.1, 0.15) is 5.82 Å². The Kier molecular flexibility index (Phi) is 2.75. The highest BCUT2D eigenvalue weighted by Gasteiger charge is 2.20. The molecule has 3 heteroatoms. The molecule has 0 bridgehead atoms. The molecule has 1 fully saturated rings. The number of hydrogen-bond acceptors (Lipinski definition) is 1. The van der Waals surface area contributed by atoms with Crippen LogP contribution in [0.3, 0.4) is 0 Å². The van der Waals surface area contributed by atoms with Crippen LogP contribution in [0.15, 0.2) is 12.1 Å². The van der Waals surface area contributed by atoms with E-state index < -0.39 is 0 Å². The van der Waals surface area contributed by atoms with E-state index in [1.165, 1.54) is 0 Å². The molecule has 1 aromatic carbocycles. The third-order valence-electron chi connectivity index (χ3n) is 2.74. The Balaban J connectivity index is 2.38. The van der Waals surface area contributed by atoms with Gasteiger partial charge in [-0.15, -0.1) is 0 Å². The molecule has 76 valence electrons. The Hall–Kier alpha value is -0.600. The smallest absolute Gasteiger partial charge is 0.145 e. The molecule has 0 saturated carbocycles. The van der Waals surface area contributed by atoms with E-state index in [9.17, 15) is 4.39 Å². The van der Waals surface area contributed by atoms with Gasteiger partial charge < -0.3 is 5.32 Å². The zero-order valence-electron chi connectivity index (χ0n) is 8.11. The molecular formula is C11H13ClFN. The van der Waals surface area contributed by atoms with Crippen LogP contribution in [0.5, 0.6) is 0 Å².